The van der Waals surface area contributed by atoms with E-state index in [0.717, 1.165) is 28.4 Å². The standard InChI is InChI=1S/C21H23ClN4O2/c1-14-13-20(25-19-6-4-5-18(22)15(19)2)26-21(24-14)23-11-12-28-17-9-7-16(27-3)8-10-17/h4-10,13H,11-12H2,1-3H3,(H2,23,24,25,26). The van der Waals surface area contributed by atoms with Crippen molar-refractivity contribution in [2.45, 2.75) is 13.8 Å². The minimum absolute atomic E-state index is 0.486. The lowest BCUT2D eigenvalue weighted by atomic mass is 10.2. The first-order chi connectivity index (χ1) is 13.5. The molecule has 0 aliphatic carbocycles. The maximum absolute atomic E-state index is 6.19. The van der Waals surface area contributed by atoms with Crippen molar-refractivity contribution < 1.29 is 9.47 Å². The average Bonchev–Trinajstić information content (AvgIpc) is 2.69. The van der Waals surface area contributed by atoms with Crippen molar-refractivity contribution >= 4 is 29.1 Å². The number of benzene rings is 2. The molecule has 2 N–H and O–H groups in total. The van der Waals surface area contributed by atoms with E-state index >= 15 is 0 Å². The molecule has 7 heteroatoms. The van der Waals surface area contributed by atoms with Gasteiger partial charge in [-0.3, -0.25) is 0 Å². The van der Waals surface area contributed by atoms with E-state index in [9.17, 15) is 0 Å². The highest BCUT2D eigenvalue weighted by atomic mass is 35.5. The molecular formula is C21H23ClN4O2. The minimum atomic E-state index is 0.486. The number of aryl methyl sites for hydroxylation is 1. The molecule has 2 aromatic carbocycles. The molecule has 6 nitrogen and oxygen atoms in total. The fraction of sp³-hybridized carbons (Fsp3) is 0.238. The summed E-state index contributed by atoms with van der Waals surface area (Å²) in [6, 6.07) is 15.1. The minimum Gasteiger partial charge on any atom is -0.497 e. The Bertz CT molecular complexity index is 932. The number of halogens is 1. The van der Waals surface area contributed by atoms with Crippen LogP contribution in [0.3, 0.4) is 0 Å². The number of nitrogens with one attached hydrogen (secondary N) is 2. The van der Waals surface area contributed by atoms with E-state index < -0.39 is 0 Å². The maximum Gasteiger partial charge on any atom is 0.224 e. The summed E-state index contributed by atoms with van der Waals surface area (Å²) < 4.78 is 10.8. The molecule has 0 aliphatic rings. The van der Waals surface area contributed by atoms with Crippen LogP contribution < -0.4 is 20.1 Å². The summed E-state index contributed by atoms with van der Waals surface area (Å²) in [5.74, 6) is 2.83. The van der Waals surface area contributed by atoms with Crippen LogP contribution in [0.2, 0.25) is 5.02 Å². The molecule has 1 aromatic heterocycles. The van der Waals surface area contributed by atoms with Crippen LogP contribution >= 0.6 is 11.6 Å². The van der Waals surface area contributed by atoms with Crippen molar-refractivity contribution in [2.75, 3.05) is 30.9 Å². The van der Waals surface area contributed by atoms with Gasteiger partial charge in [-0.1, -0.05) is 17.7 Å². The molecule has 146 valence electrons. The highest BCUT2D eigenvalue weighted by molar-refractivity contribution is 6.31. The maximum atomic E-state index is 6.19. The van der Waals surface area contributed by atoms with Gasteiger partial charge in [0.15, 0.2) is 0 Å². The van der Waals surface area contributed by atoms with Crippen LogP contribution in [-0.2, 0) is 0 Å². The number of methoxy groups -OCH3 is 1. The van der Waals surface area contributed by atoms with E-state index in [1.165, 1.54) is 0 Å². The van der Waals surface area contributed by atoms with Crippen LogP contribution in [0.25, 0.3) is 0 Å². The summed E-state index contributed by atoms with van der Waals surface area (Å²) in [6.07, 6.45) is 0. The van der Waals surface area contributed by atoms with Crippen molar-refractivity contribution in [3.8, 4) is 11.5 Å². The summed E-state index contributed by atoms with van der Waals surface area (Å²) >= 11 is 6.19. The topological polar surface area (TPSA) is 68.3 Å². The number of anilines is 3. The Morgan fingerprint density at radius 2 is 1.75 bits per heavy atom. The van der Waals surface area contributed by atoms with E-state index in [2.05, 4.69) is 20.6 Å². The van der Waals surface area contributed by atoms with Crippen LogP contribution in [0.5, 0.6) is 11.5 Å². The van der Waals surface area contributed by atoms with Gasteiger partial charge in [-0.2, -0.15) is 4.98 Å². The largest absolute Gasteiger partial charge is 0.497 e. The predicted molar refractivity (Wildman–Crippen MR) is 113 cm³/mol. The lowest BCUT2D eigenvalue weighted by Gasteiger charge is -2.12. The number of aromatic nitrogens is 2. The zero-order valence-electron chi connectivity index (χ0n) is 16.1. The Labute approximate surface area is 169 Å². The summed E-state index contributed by atoms with van der Waals surface area (Å²) in [7, 11) is 1.64. The molecular weight excluding hydrogens is 376 g/mol. The Kier molecular flexibility index (Phi) is 6.55. The fourth-order valence-electron chi connectivity index (χ4n) is 2.60. The Balaban J connectivity index is 1.57. The molecule has 0 saturated heterocycles. The van der Waals surface area contributed by atoms with Crippen LogP contribution in [0, 0.1) is 13.8 Å². The van der Waals surface area contributed by atoms with Crippen molar-refractivity contribution in [3.05, 3.63) is 64.8 Å². The van der Waals surface area contributed by atoms with Crippen molar-refractivity contribution in [1.82, 2.24) is 9.97 Å². The Morgan fingerprint density at radius 3 is 2.50 bits per heavy atom. The molecule has 28 heavy (non-hydrogen) atoms. The molecule has 3 rings (SSSR count). The van der Waals surface area contributed by atoms with Crippen LogP contribution in [0.15, 0.2) is 48.5 Å². The summed E-state index contributed by atoms with van der Waals surface area (Å²) in [4.78, 5) is 8.94. The van der Waals surface area contributed by atoms with Gasteiger partial charge in [0.05, 0.1) is 13.7 Å². The lowest BCUT2D eigenvalue weighted by molar-refractivity contribution is 0.331. The van der Waals surface area contributed by atoms with Gasteiger partial charge in [0, 0.05) is 22.5 Å². The van der Waals surface area contributed by atoms with E-state index in [4.69, 9.17) is 21.1 Å². The number of rotatable bonds is 8. The second-order valence-corrected chi connectivity index (χ2v) is 6.61. The van der Waals surface area contributed by atoms with Gasteiger partial charge < -0.3 is 20.1 Å². The monoisotopic (exact) mass is 398 g/mol. The SMILES string of the molecule is COc1ccc(OCCNc2nc(C)cc(Nc3cccc(Cl)c3C)n2)cc1. The van der Waals surface area contributed by atoms with Crippen LogP contribution in [0.4, 0.5) is 17.5 Å². The second-order valence-electron chi connectivity index (χ2n) is 6.21. The zero-order valence-corrected chi connectivity index (χ0v) is 16.9. The molecule has 0 unspecified atom stereocenters. The lowest BCUT2D eigenvalue weighted by Crippen LogP contribution is -2.14. The third-order valence-electron chi connectivity index (χ3n) is 4.10. The molecule has 0 aliphatic heterocycles. The quantitative estimate of drug-likeness (QED) is 0.521. The van der Waals surface area contributed by atoms with E-state index in [1.54, 1.807) is 7.11 Å². The molecule has 3 aromatic rings. The zero-order chi connectivity index (χ0) is 19.9. The fourth-order valence-corrected chi connectivity index (χ4v) is 2.77. The first-order valence-electron chi connectivity index (χ1n) is 8.93. The first kappa shape index (κ1) is 19.8. The molecule has 0 spiro atoms. The number of hydrogen-bond donors (Lipinski definition) is 2. The predicted octanol–water partition coefficient (Wildman–Crippen LogP) is 4.99. The van der Waals surface area contributed by atoms with Gasteiger partial charge in [0.25, 0.3) is 0 Å². The highest BCUT2D eigenvalue weighted by Crippen LogP contribution is 2.26. The van der Waals surface area contributed by atoms with Crippen molar-refractivity contribution in [2.24, 2.45) is 0 Å². The molecule has 0 atom stereocenters. The van der Waals surface area contributed by atoms with Crippen molar-refractivity contribution in [1.29, 1.82) is 0 Å². The van der Waals surface area contributed by atoms with Gasteiger partial charge in [-0.05, 0) is 55.8 Å². The van der Waals surface area contributed by atoms with Crippen LogP contribution in [0.1, 0.15) is 11.3 Å². The molecule has 0 bridgehead atoms. The smallest absolute Gasteiger partial charge is 0.224 e. The first-order valence-corrected chi connectivity index (χ1v) is 9.31. The molecule has 0 saturated carbocycles. The Morgan fingerprint density at radius 1 is 1.00 bits per heavy atom. The second kappa shape index (κ2) is 9.28. The van der Waals surface area contributed by atoms with Gasteiger partial charge in [-0.25, -0.2) is 4.98 Å². The number of ether oxygens (including phenoxy) is 2. The van der Waals surface area contributed by atoms with Crippen LogP contribution in [-0.4, -0.2) is 30.2 Å². The summed E-state index contributed by atoms with van der Waals surface area (Å²) in [5.41, 5.74) is 2.75. The molecule has 0 amide bonds. The van der Waals surface area contributed by atoms with E-state index in [1.807, 2.05) is 62.4 Å². The van der Waals surface area contributed by atoms with E-state index in [-0.39, 0.29) is 0 Å². The van der Waals surface area contributed by atoms with Gasteiger partial charge in [0.2, 0.25) is 5.95 Å². The van der Waals surface area contributed by atoms with Gasteiger partial charge in [-0.15, -0.1) is 0 Å². The summed E-state index contributed by atoms with van der Waals surface area (Å²) in [5, 5.41) is 7.21. The molecule has 1 heterocycles. The van der Waals surface area contributed by atoms with E-state index in [0.29, 0.717) is 29.9 Å². The highest BCUT2D eigenvalue weighted by Gasteiger charge is 2.06. The van der Waals surface area contributed by atoms with Gasteiger partial charge in [0.1, 0.15) is 23.9 Å². The normalized spacial score (nSPS) is 10.4. The van der Waals surface area contributed by atoms with Crippen molar-refractivity contribution in [3.63, 3.8) is 0 Å². The third kappa shape index (κ3) is 5.27. The average molecular weight is 399 g/mol. The third-order valence-corrected chi connectivity index (χ3v) is 4.51. The number of nitrogens with zero attached hydrogens (tertiary/aromatic N) is 2. The molecule has 0 radical (unpaired) electrons. The van der Waals surface area contributed by atoms with Gasteiger partial charge >= 0.3 is 0 Å². The Hall–Kier alpha value is -2.99. The summed E-state index contributed by atoms with van der Waals surface area (Å²) in [6.45, 7) is 4.95. The number of hydrogen-bond acceptors (Lipinski definition) is 6. The molecule has 0 fully saturated rings.